The number of nitrogens with zero attached hydrogens (tertiary/aromatic N) is 1. The molecular formula is C36H38Cl2F2N4O6. The van der Waals surface area contributed by atoms with Crippen LogP contribution in [0, 0.1) is 28.4 Å². The van der Waals surface area contributed by atoms with Crippen molar-refractivity contribution < 1.29 is 37.4 Å². The lowest BCUT2D eigenvalue weighted by Gasteiger charge is -2.37. The Kier molecular flexibility index (Phi) is 12.1. The summed E-state index contributed by atoms with van der Waals surface area (Å²) in [7, 11) is 1.33. The molecule has 3 aromatic carbocycles. The average Bonchev–Trinajstić information content (AvgIpc) is 3.37. The topological polar surface area (TPSA) is 153 Å². The van der Waals surface area contributed by atoms with Crippen molar-refractivity contribution in [3.63, 3.8) is 0 Å². The van der Waals surface area contributed by atoms with Crippen LogP contribution in [0.1, 0.15) is 61.5 Å². The Morgan fingerprint density at radius 1 is 1.08 bits per heavy atom. The SMILES string of the molecule is COc1cc(C(=O)OCCOC(=O)C(C)N)ccc1NC(=O)[C@@H]1N[C@@H](CC(C)(C)C)[C@](C#N)(c2ccc(Cl)cc2F)[C@H]1c1cccc(Cl)c1F. The van der Waals surface area contributed by atoms with Gasteiger partial charge in [-0.25, -0.2) is 13.6 Å². The van der Waals surface area contributed by atoms with Crippen LogP contribution in [-0.4, -0.2) is 56.3 Å². The van der Waals surface area contributed by atoms with Gasteiger partial charge in [0.15, 0.2) is 0 Å². The molecule has 1 aliphatic rings. The van der Waals surface area contributed by atoms with Gasteiger partial charge in [0.2, 0.25) is 5.91 Å². The largest absolute Gasteiger partial charge is 0.495 e. The molecular weight excluding hydrogens is 693 g/mol. The highest BCUT2D eigenvalue weighted by molar-refractivity contribution is 6.31. The summed E-state index contributed by atoms with van der Waals surface area (Å²) in [5.41, 5.74) is 3.30. The van der Waals surface area contributed by atoms with Gasteiger partial charge in [0.1, 0.15) is 42.1 Å². The Labute approximate surface area is 299 Å². The molecule has 1 fully saturated rings. The number of esters is 2. The predicted octanol–water partition coefficient (Wildman–Crippen LogP) is 6.29. The summed E-state index contributed by atoms with van der Waals surface area (Å²) < 4.78 is 47.4. The summed E-state index contributed by atoms with van der Waals surface area (Å²) in [6.07, 6.45) is 0.287. The van der Waals surface area contributed by atoms with Gasteiger partial charge in [-0.2, -0.15) is 5.26 Å². The van der Waals surface area contributed by atoms with Gasteiger partial charge in [-0.05, 0) is 60.7 Å². The van der Waals surface area contributed by atoms with Crippen molar-refractivity contribution in [1.82, 2.24) is 5.32 Å². The Morgan fingerprint density at radius 3 is 2.40 bits per heavy atom. The molecule has 4 rings (SSSR count). The third kappa shape index (κ3) is 8.19. The van der Waals surface area contributed by atoms with Crippen LogP contribution in [0.25, 0.3) is 0 Å². The molecule has 1 saturated heterocycles. The zero-order valence-corrected chi connectivity index (χ0v) is 29.6. The van der Waals surface area contributed by atoms with Crippen LogP contribution < -0.4 is 21.1 Å². The van der Waals surface area contributed by atoms with E-state index in [9.17, 15) is 19.6 Å². The van der Waals surface area contributed by atoms with E-state index in [0.717, 1.165) is 6.07 Å². The summed E-state index contributed by atoms with van der Waals surface area (Å²) in [4.78, 5) is 38.5. The molecule has 1 amide bonds. The number of benzene rings is 3. The second-order valence-electron chi connectivity index (χ2n) is 13.2. The number of nitrogens with two attached hydrogens (primary N) is 1. The van der Waals surface area contributed by atoms with E-state index in [2.05, 4.69) is 16.7 Å². The highest BCUT2D eigenvalue weighted by Gasteiger charge is 2.61. The third-order valence-electron chi connectivity index (χ3n) is 8.36. The van der Waals surface area contributed by atoms with Crippen molar-refractivity contribution in [2.45, 2.75) is 63.6 Å². The van der Waals surface area contributed by atoms with Crippen molar-refractivity contribution in [3.8, 4) is 11.8 Å². The number of nitriles is 1. The maximum Gasteiger partial charge on any atom is 0.338 e. The molecule has 0 spiro atoms. The fourth-order valence-electron chi connectivity index (χ4n) is 6.18. The number of carbonyl (C=O) groups is 3. The van der Waals surface area contributed by atoms with Gasteiger partial charge < -0.3 is 30.6 Å². The van der Waals surface area contributed by atoms with Gasteiger partial charge in [-0.15, -0.1) is 0 Å². The van der Waals surface area contributed by atoms with Crippen LogP contribution in [-0.2, 0) is 24.5 Å². The monoisotopic (exact) mass is 730 g/mol. The van der Waals surface area contributed by atoms with Crippen molar-refractivity contribution in [2.24, 2.45) is 11.1 Å². The molecule has 14 heteroatoms. The third-order valence-corrected chi connectivity index (χ3v) is 8.89. The molecule has 266 valence electrons. The minimum atomic E-state index is -1.82. The molecule has 3 aromatic rings. The first-order chi connectivity index (χ1) is 23.5. The lowest BCUT2D eigenvalue weighted by atomic mass is 9.62. The molecule has 5 atom stereocenters. The van der Waals surface area contributed by atoms with Gasteiger partial charge >= 0.3 is 11.9 Å². The van der Waals surface area contributed by atoms with E-state index in [4.69, 9.17) is 43.1 Å². The number of halogens is 4. The second-order valence-corrected chi connectivity index (χ2v) is 14.0. The summed E-state index contributed by atoms with van der Waals surface area (Å²) in [6.45, 7) is 6.84. The molecule has 1 heterocycles. The molecule has 0 bridgehead atoms. The second kappa shape index (κ2) is 15.7. The van der Waals surface area contributed by atoms with Gasteiger partial charge in [-0.1, -0.05) is 62.2 Å². The lowest BCUT2D eigenvalue weighted by molar-refractivity contribution is -0.145. The molecule has 0 saturated carbocycles. The number of hydrogen-bond acceptors (Lipinski definition) is 9. The lowest BCUT2D eigenvalue weighted by Crippen LogP contribution is -2.45. The fourth-order valence-corrected chi connectivity index (χ4v) is 6.52. The highest BCUT2D eigenvalue weighted by atomic mass is 35.5. The van der Waals surface area contributed by atoms with E-state index < -0.39 is 64.4 Å². The maximum atomic E-state index is 16.0. The molecule has 0 radical (unpaired) electrons. The normalized spacial score (nSPS) is 20.8. The first kappa shape index (κ1) is 38.5. The number of carbonyl (C=O) groups excluding carboxylic acids is 3. The summed E-state index contributed by atoms with van der Waals surface area (Å²) in [5.74, 6) is -4.92. The number of nitrogens with one attached hydrogen (secondary N) is 2. The van der Waals surface area contributed by atoms with Crippen LogP contribution in [0.15, 0.2) is 54.6 Å². The summed E-state index contributed by atoms with van der Waals surface area (Å²) in [6, 6.07) is 11.6. The molecule has 4 N–H and O–H groups in total. The van der Waals surface area contributed by atoms with E-state index in [1.54, 1.807) is 0 Å². The molecule has 50 heavy (non-hydrogen) atoms. The van der Waals surface area contributed by atoms with E-state index >= 15 is 8.78 Å². The summed E-state index contributed by atoms with van der Waals surface area (Å²) in [5, 5.41) is 16.9. The van der Waals surface area contributed by atoms with Crippen molar-refractivity contribution in [3.05, 3.63) is 93.0 Å². The number of ether oxygens (including phenoxy) is 3. The van der Waals surface area contributed by atoms with Gasteiger partial charge in [0.25, 0.3) is 0 Å². The van der Waals surface area contributed by atoms with Crippen LogP contribution in [0.5, 0.6) is 5.75 Å². The average molecular weight is 732 g/mol. The van der Waals surface area contributed by atoms with Crippen LogP contribution in [0.2, 0.25) is 10.0 Å². The standard InChI is InChI=1S/C36H38Cl2F2N4O6/c1-19(42)33(46)49-13-14-50-34(47)20-9-12-26(27(15-20)48-5)43-32(45)31-29(22-7-6-8-24(38)30(22)40)36(18-41,28(44-31)17-35(2,3)4)23-11-10-21(37)16-25(23)39/h6-12,15-16,19,28-29,31,44H,13-14,17,42H2,1-5H3,(H,43,45)/t19?,28-,29-,31+,36-/m0/s1. The van der Waals surface area contributed by atoms with Gasteiger partial charge in [-0.3, -0.25) is 9.59 Å². The Morgan fingerprint density at radius 2 is 1.78 bits per heavy atom. The molecule has 1 unspecified atom stereocenters. The predicted molar refractivity (Wildman–Crippen MR) is 184 cm³/mol. The maximum absolute atomic E-state index is 16.0. The van der Waals surface area contributed by atoms with Crippen molar-refractivity contribution in [2.75, 3.05) is 25.6 Å². The van der Waals surface area contributed by atoms with E-state index in [1.807, 2.05) is 20.8 Å². The number of methoxy groups -OCH3 is 1. The molecule has 10 nitrogen and oxygen atoms in total. The number of rotatable bonds is 11. The van der Waals surface area contributed by atoms with Crippen molar-refractivity contribution in [1.29, 1.82) is 5.26 Å². The minimum absolute atomic E-state index is 0.0569. The molecule has 1 aliphatic heterocycles. The van der Waals surface area contributed by atoms with Crippen LogP contribution in [0.3, 0.4) is 0 Å². The highest BCUT2D eigenvalue weighted by Crippen LogP contribution is 2.53. The van der Waals surface area contributed by atoms with E-state index in [-0.39, 0.29) is 57.8 Å². The number of hydrogen-bond donors (Lipinski definition) is 3. The molecule has 0 aliphatic carbocycles. The van der Waals surface area contributed by atoms with Crippen LogP contribution in [0.4, 0.5) is 14.5 Å². The first-order valence-electron chi connectivity index (χ1n) is 15.7. The number of anilines is 1. The van der Waals surface area contributed by atoms with Crippen LogP contribution >= 0.6 is 23.2 Å². The van der Waals surface area contributed by atoms with Gasteiger partial charge in [0.05, 0.1) is 35.5 Å². The first-order valence-corrected chi connectivity index (χ1v) is 16.4. The Bertz CT molecular complexity index is 1810. The molecule has 0 aromatic heterocycles. The fraction of sp³-hybridized carbons (Fsp3) is 0.389. The minimum Gasteiger partial charge on any atom is -0.495 e. The quantitative estimate of drug-likeness (QED) is 0.153. The Balaban J connectivity index is 1.74. The zero-order chi connectivity index (χ0) is 37.0. The Hall–Kier alpha value is -4.28. The smallest absolute Gasteiger partial charge is 0.338 e. The van der Waals surface area contributed by atoms with Crippen molar-refractivity contribution >= 4 is 46.7 Å². The zero-order valence-electron chi connectivity index (χ0n) is 28.1. The number of amides is 1. The van der Waals surface area contributed by atoms with Gasteiger partial charge in [0, 0.05) is 22.5 Å². The summed E-state index contributed by atoms with van der Waals surface area (Å²) >= 11 is 12.3. The van der Waals surface area contributed by atoms with E-state index in [1.165, 1.54) is 62.6 Å². The van der Waals surface area contributed by atoms with E-state index in [0.29, 0.717) is 0 Å².